The third-order valence-electron chi connectivity index (χ3n) is 10.5. The molecule has 0 aliphatic heterocycles. The van der Waals surface area contributed by atoms with Crippen LogP contribution in [0.15, 0.2) is 18.7 Å². The molecular formula is C26H40N2O3. The van der Waals surface area contributed by atoms with E-state index in [0.717, 1.165) is 37.5 Å². The zero-order valence-corrected chi connectivity index (χ0v) is 19.6. The number of Topliss-reactive ketones (excluding diaryl/α,β-unsaturated/α-hetero) is 1. The number of imidazole rings is 1. The van der Waals surface area contributed by atoms with Crippen LogP contribution in [0.4, 0.5) is 0 Å². The minimum Gasteiger partial charge on any atom is -0.387 e. The van der Waals surface area contributed by atoms with Crippen LogP contribution >= 0.6 is 0 Å². The molecule has 5 rings (SSSR count). The Kier molecular flexibility index (Phi) is 5.37. The number of aliphatic hydroxyl groups is 1. The fourth-order valence-electron chi connectivity index (χ4n) is 8.92. The topological polar surface area (TPSA) is 64.3 Å². The van der Waals surface area contributed by atoms with E-state index in [4.69, 9.17) is 4.74 Å². The lowest BCUT2D eigenvalue weighted by molar-refractivity contribution is -0.164. The molecule has 5 nitrogen and oxygen atoms in total. The van der Waals surface area contributed by atoms with Gasteiger partial charge in [0.1, 0.15) is 0 Å². The third-order valence-corrected chi connectivity index (χ3v) is 10.5. The average molecular weight is 429 g/mol. The quantitative estimate of drug-likeness (QED) is 0.751. The second-order valence-corrected chi connectivity index (χ2v) is 11.9. The highest BCUT2D eigenvalue weighted by Crippen LogP contribution is 2.68. The Morgan fingerprint density at radius 3 is 2.65 bits per heavy atom. The van der Waals surface area contributed by atoms with Crippen molar-refractivity contribution < 1.29 is 14.6 Å². The maximum atomic E-state index is 13.3. The van der Waals surface area contributed by atoms with E-state index in [1.807, 2.05) is 10.8 Å². The summed E-state index contributed by atoms with van der Waals surface area (Å²) >= 11 is 0. The van der Waals surface area contributed by atoms with Gasteiger partial charge in [-0.05, 0) is 92.3 Å². The molecule has 0 radical (unpaired) electrons. The van der Waals surface area contributed by atoms with Crippen LogP contribution in [-0.4, -0.2) is 39.8 Å². The first kappa shape index (κ1) is 21.6. The largest absolute Gasteiger partial charge is 0.387 e. The van der Waals surface area contributed by atoms with E-state index >= 15 is 0 Å². The molecule has 0 saturated heterocycles. The standard InChI is InChI=1S/C26H40N2O3/c1-24-10-11-26(30,16-31-3)14-18(24)4-5-19-20-6-7-22(25(20,2)9-8-21(19)24)23(29)15-28-13-12-27-17-28/h12-13,17-22,30H,4-11,14-16H2,1-3H3/t18?,19-,20-,21-,22+,24-,25-,26+/m0/s1. The van der Waals surface area contributed by atoms with E-state index in [0.29, 0.717) is 36.2 Å². The number of carbonyl (C=O) groups excluding carboxylic acids is 1. The lowest BCUT2D eigenvalue weighted by Gasteiger charge is -2.62. The van der Waals surface area contributed by atoms with Crippen molar-refractivity contribution in [3.8, 4) is 0 Å². The van der Waals surface area contributed by atoms with Crippen molar-refractivity contribution >= 4 is 5.78 Å². The van der Waals surface area contributed by atoms with Crippen molar-refractivity contribution in [1.29, 1.82) is 0 Å². The summed E-state index contributed by atoms with van der Waals surface area (Å²) < 4.78 is 7.29. The second-order valence-electron chi connectivity index (χ2n) is 11.9. The molecule has 0 amide bonds. The molecular weight excluding hydrogens is 388 g/mol. The molecule has 4 saturated carbocycles. The molecule has 1 unspecified atom stereocenters. The van der Waals surface area contributed by atoms with E-state index in [-0.39, 0.29) is 11.3 Å². The zero-order valence-electron chi connectivity index (χ0n) is 19.6. The zero-order chi connectivity index (χ0) is 21.9. The van der Waals surface area contributed by atoms with Crippen molar-refractivity contribution in [3.63, 3.8) is 0 Å². The molecule has 4 aliphatic carbocycles. The molecule has 0 spiro atoms. The van der Waals surface area contributed by atoms with Gasteiger partial charge in [0.05, 0.1) is 25.1 Å². The minimum absolute atomic E-state index is 0.160. The number of ether oxygens (including phenoxy) is 1. The van der Waals surface area contributed by atoms with Gasteiger partial charge in [-0.3, -0.25) is 4.79 Å². The number of hydrogen-bond acceptors (Lipinski definition) is 4. The van der Waals surface area contributed by atoms with E-state index < -0.39 is 5.60 Å². The van der Waals surface area contributed by atoms with Gasteiger partial charge in [-0.1, -0.05) is 13.8 Å². The van der Waals surface area contributed by atoms with Gasteiger partial charge in [0.25, 0.3) is 0 Å². The maximum absolute atomic E-state index is 13.3. The highest BCUT2D eigenvalue weighted by molar-refractivity contribution is 5.82. The van der Waals surface area contributed by atoms with Gasteiger partial charge in [-0.15, -0.1) is 0 Å². The Labute approximate surface area is 187 Å². The first-order valence-electron chi connectivity index (χ1n) is 12.5. The van der Waals surface area contributed by atoms with Crippen LogP contribution in [-0.2, 0) is 16.1 Å². The van der Waals surface area contributed by atoms with Crippen LogP contribution in [0, 0.1) is 40.4 Å². The molecule has 0 aromatic carbocycles. The predicted octanol–water partition coefficient (Wildman–Crippen LogP) is 4.49. The molecule has 1 heterocycles. The van der Waals surface area contributed by atoms with Gasteiger partial charge in [0, 0.05) is 25.4 Å². The smallest absolute Gasteiger partial charge is 0.156 e. The SMILES string of the molecule is COC[C@@]1(O)CC[C@@]2(C)C(CC[C@H]3[C@@H]4CC[C@H](C(=O)Cn5ccnc5)[C@@]4(C)CC[C@@H]32)C1. The summed E-state index contributed by atoms with van der Waals surface area (Å²) in [6, 6.07) is 0. The van der Waals surface area contributed by atoms with Crippen molar-refractivity contribution in [2.24, 2.45) is 40.4 Å². The molecule has 172 valence electrons. The number of methoxy groups -OCH3 is 1. The fraction of sp³-hybridized carbons (Fsp3) is 0.846. The number of nitrogens with zero attached hydrogens (tertiary/aromatic N) is 2. The fourth-order valence-corrected chi connectivity index (χ4v) is 8.92. The first-order valence-corrected chi connectivity index (χ1v) is 12.5. The minimum atomic E-state index is -0.632. The number of carbonyl (C=O) groups is 1. The third kappa shape index (κ3) is 3.42. The first-order chi connectivity index (χ1) is 14.8. The summed E-state index contributed by atoms with van der Waals surface area (Å²) in [7, 11) is 1.70. The van der Waals surface area contributed by atoms with Crippen molar-refractivity contribution in [2.75, 3.05) is 13.7 Å². The Morgan fingerprint density at radius 1 is 1.10 bits per heavy atom. The second kappa shape index (κ2) is 7.69. The summed E-state index contributed by atoms with van der Waals surface area (Å²) in [4.78, 5) is 17.4. The van der Waals surface area contributed by atoms with Crippen LogP contribution in [0.5, 0.6) is 0 Å². The highest BCUT2D eigenvalue weighted by Gasteiger charge is 2.62. The summed E-state index contributed by atoms with van der Waals surface area (Å²) in [5, 5.41) is 11.0. The van der Waals surface area contributed by atoms with Gasteiger partial charge in [-0.25, -0.2) is 4.98 Å². The van der Waals surface area contributed by atoms with Crippen LogP contribution in [0.1, 0.15) is 71.6 Å². The normalized spacial score (nSPS) is 46.8. The Balaban J connectivity index is 1.33. The van der Waals surface area contributed by atoms with Crippen LogP contribution < -0.4 is 0 Å². The summed E-state index contributed by atoms with van der Waals surface area (Å²) in [6.07, 6.45) is 15.5. The van der Waals surface area contributed by atoms with Crippen molar-refractivity contribution in [3.05, 3.63) is 18.7 Å². The van der Waals surface area contributed by atoms with Crippen LogP contribution in [0.25, 0.3) is 0 Å². The van der Waals surface area contributed by atoms with E-state index in [9.17, 15) is 9.90 Å². The average Bonchev–Trinajstić information content (AvgIpc) is 3.35. The van der Waals surface area contributed by atoms with Gasteiger partial charge in [0.2, 0.25) is 0 Å². The van der Waals surface area contributed by atoms with E-state index in [1.165, 1.54) is 32.1 Å². The van der Waals surface area contributed by atoms with Gasteiger partial charge in [0.15, 0.2) is 5.78 Å². The van der Waals surface area contributed by atoms with Crippen LogP contribution in [0.3, 0.4) is 0 Å². The summed E-state index contributed by atoms with van der Waals surface area (Å²) in [6.45, 7) is 5.90. The predicted molar refractivity (Wildman–Crippen MR) is 119 cm³/mol. The molecule has 4 fully saturated rings. The molecule has 0 bridgehead atoms. The Morgan fingerprint density at radius 2 is 1.90 bits per heavy atom. The van der Waals surface area contributed by atoms with Gasteiger partial charge >= 0.3 is 0 Å². The van der Waals surface area contributed by atoms with Gasteiger partial charge in [-0.2, -0.15) is 0 Å². The van der Waals surface area contributed by atoms with Gasteiger partial charge < -0.3 is 14.4 Å². The van der Waals surface area contributed by atoms with E-state index in [1.54, 1.807) is 19.6 Å². The molecule has 4 aliphatic rings. The number of hydrogen-bond donors (Lipinski definition) is 1. The van der Waals surface area contributed by atoms with Crippen molar-refractivity contribution in [2.45, 2.75) is 83.8 Å². The molecule has 1 aromatic rings. The van der Waals surface area contributed by atoms with Crippen LogP contribution in [0.2, 0.25) is 0 Å². The summed E-state index contributed by atoms with van der Waals surface area (Å²) in [5.74, 6) is 3.39. The number of ketones is 1. The Bertz CT molecular complexity index is 810. The molecule has 1 N–H and O–H groups in total. The maximum Gasteiger partial charge on any atom is 0.156 e. The Hall–Kier alpha value is -1.20. The monoisotopic (exact) mass is 428 g/mol. The number of rotatable bonds is 5. The molecule has 31 heavy (non-hydrogen) atoms. The number of fused-ring (bicyclic) bond motifs is 5. The lowest BCUT2D eigenvalue weighted by atomic mass is 9.44. The summed E-state index contributed by atoms with van der Waals surface area (Å²) in [5.41, 5.74) is -0.135. The molecule has 1 aromatic heterocycles. The number of aromatic nitrogens is 2. The lowest BCUT2D eigenvalue weighted by Crippen LogP contribution is -2.56. The van der Waals surface area contributed by atoms with Crippen molar-refractivity contribution in [1.82, 2.24) is 9.55 Å². The highest BCUT2D eigenvalue weighted by atomic mass is 16.5. The molecule has 5 heteroatoms. The van der Waals surface area contributed by atoms with E-state index in [2.05, 4.69) is 18.8 Å². The molecule has 8 atom stereocenters.